The van der Waals surface area contributed by atoms with Crippen molar-refractivity contribution >= 4 is 41.8 Å². The molecule has 1 unspecified atom stereocenters. The average Bonchev–Trinajstić information content (AvgIpc) is 3.04. The quantitative estimate of drug-likeness (QED) is 0.626. The maximum atomic E-state index is 11.8. The number of para-hydroxylation sites is 2. The van der Waals surface area contributed by atoms with Gasteiger partial charge in [-0.05, 0) is 23.3 Å². The molecule has 6 nitrogen and oxygen atoms in total. The molecule has 1 amide bonds. The summed E-state index contributed by atoms with van der Waals surface area (Å²) in [4.78, 5) is 16.2. The summed E-state index contributed by atoms with van der Waals surface area (Å²) < 4.78 is 7.00. The van der Waals surface area contributed by atoms with E-state index in [9.17, 15) is 4.79 Å². The highest BCUT2D eigenvalue weighted by molar-refractivity contribution is 5.85. The zero-order valence-electron chi connectivity index (χ0n) is 15.0. The molecule has 146 valence electrons. The van der Waals surface area contributed by atoms with Crippen LogP contribution in [0.2, 0.25) is 0 Å². The van der Waals surface area contributed by atoms with Gasteiger partial charge in [-0.1, -0.05) is 36.4 Å². The molecule has 27 heavy (non-hydrogen) atoms. The van der Waals surface area contributed by atoms with E-state index in [0.29, 0.717) is 6.54 Å². The number of hydrogen-bond acceptors (Lipinski definition) is 4. The van der Waals surface area contributed by atoms with Gasteiger partial charge in [-0.3, -0.25) is 4.79 Å². The van der Waals surface area contributed by atoms with Gasteiger partial charge in [-0.15, -0.1) is 24.8 Å². The Morgan fingerprint density at radius 3 is 2.52 bits per heavy atom. The van der Waals surface area contributed by atoms with Gasteiger partial charge in [0.15, 0.2) is 0 Å². The molecule has 3 rings (SSSR count). The van der Waals surface area contributed by atoms with Crippen LogP contribution in [0.15, 0.2) is 54.9 Å². The average molecular weight is 411 g/mol. The number of hydrogen-bond donors (Lipinski definition) is 2. The monoisotopic (exact) mass is 410 g/mol. The van der Waals surface area contributed by atoms with E-state index in [4.69, 9.17) is 10.5 Å². The Kier molecular flexibility index (Phi) is 9.25. The van der Waals surface area contributed by atoms with Crippen molar-refractivity contribution in [2.24, 2.45) is 5.73 Å². The second-order valence-electron chi connectivity index (χ2n) is 5.96. The predicted octanol–water partition coefficient (Wildman–Crippen LogP) is 2.52. The van der Waals surface area contributed by atoms with E-state index in [1.165, 1.54) is 12.7 Å². The highest BCUT2D eigenvalue weighted by Gasteiger charge is 2.12. The largest absolute Gasteiger partial charge is 0.383 e. The molecule has 1 atom stereocenters. The Balaban J connectivity index is 0.00000182. The van der Waals surface area contributed by atoms with E-state index < -0.39 is 6.04 Å². The van der Waals surface area contributed by atoms with Crippen LogP contribution in [-0.4, -0.2) is 35.2 Å². The predicted molar refractivity (Wildman–Crippen MR) is 111 cm³/mol. The van der Waals surface area contributed by atoms with Gasteiger partial charge in [0.2, 0.25) is 5.91 Å². The number of nitrogens with one attached hydrogen (secondary N) is 1. The number of halogens is 2. The van der Waals surface area contributed by atoms with Gasteiger partial charge < -0.3 is 20.4 Å². The summed E-state index contributed by atoms with van der Waals surface area (Å²) >= 11 is 0. The van der Waals surface area contributed by atoms with E-state index in [1.54, 1.807) is 0 Å². The number of rotatable bonds is 7. The Morgan fingerprint density at radius 2 is 1.81 bits per heavy atom. The number of nitrogens with zero attached hydrogens (tertiary/aromatic N) is 2. The summed E-state index contributed by atoms with van der Waals surface area (Å²) in [5.74, 6) is -0.212. The third kappa shape index (κ3) is 5.94. The second kappa shape index (κ2) is 10.9. The summed E-state index contributed by atoms with van der Waals surface area (Å²) in [6.45, 7) is 1.42. The highest BCUT2D eigenvalue weighted by atomic mass is 35.5. The minimum absolute atomic E-state index is 0. The molecular weight excluding hydrogens is 387 g/mol. The molecule has 2 aromatic carbocycles. The van der Waals surface area contributed by atoms with E-state index in [2.05, 4.69) is 33.1 Å². The van der Waals surface area contributed by atoms with Crippen LogP contribution in [0.5, 0.6) is 0 Å². The molecule has 3 aromatic rings. The minimum Gasteiger partial charge on any atom is -0.383 e. The first kappa shape index (κ1) is 22.9. The molecule has 0 bridgehead atoms. The fraction of sp³-hybridized carbons (Fsp3) is 0.263. The molecule has 1 aromatic heterocycles. The first-order valence-corrected chi connectivity index (χ1v) is 8.17. The molecule has 0 aliphatic rings. The van der Waals surface area contributed by atoms with Gasteiger partial charge in [0.25, 0.3) is 0 Å². The van der Waals surface area contributed by atoms with Crippen molar-refractivity contribution in [3.8, 4) is 0 Å². The molecule has 0 aliphatic heterocycles. The fourth-order valence-corrected chi connectivity index (χ4v) is 2.67. The number of ether oxygens (including phenoxy) is 1. The molecule has 0 aliphatic carbocycles. The fourth-order valence-electron chi connectivity index (χ4n) is 2.67. The summed E-state index contributed by atoms with van der Waals surface area (Å²) in [5.41, 5.74) is 10.0. The third-order valence-electron chi connectivity index (χ3n) is 4.05. The Hall–Kier alpha value is -2.12. The molecular formula is C19H24Cl2N4O2. The first-order chi connectivity index (χ1) is 12.2. The number of carbonyl (C=O) groups is 1. The maximum Gasteiger partial charge on any atom is 0.239 e. The number of aromatic nitrogens is 2. The Bertz CT molecular complexity index is 852. The standard InChI is InChI=1S/C19H22N4O2.2ClH/c1-25-12-16(20)19(24)21-10-14-6-8-15(9-7-14)11-23-13-22-17-4-2-3-5-18(17)23;;/h2-9,13,16H,10-12,20H2,1H3,(H,21,24);2*1H. The number of fused-ring (bicyclic) bond motifs is 1. The zero-order chi connectivity index (χ0) is 17.6. The summed E-state index contributed by atoms with van der Waals surface area (Å²) in [7, 11) is 1.52. The molecule has 0 fully saturated rings. The van der Waals surface area contributed by atoms with Gasteiger partial charge in [-0.2, -0.15) is 0 Å². The number of carbonyl (C=O) groups excluding carboxylic acids is 1. The van der Waals surface area contributed by atoms with Crippen LogP contribution in [0.4, 0.5) is 0 Å². The molecule has 1 heterocycles. The van der Waals surface area contributed by atoms with Crippen LogP contribution in [0.3, 0.4) is 0 Å². The minimum atomic E-state index is -0.640. The number of benzene rings is 2. The topological polar surface area (TPSA) is 82.2 Å². The van der Waals surface area contributed by atoms with Crippen molar-refractivity contribution < 1.29 is 9.53 Å². The van der Waals surface area contributed by atoms with Crippen molar-refractivity contribution in [3.05, 3.63) is 66.0 Å². The van der Waals surface area contributed by atoms with Crippen LogP contribution < -0.4 is 11.1 Å². The van der Waals surface area contributed by atoms with E-state index in [1.807, 2.05) is 36.7 Å². The highest BCUT2D eigenvalue weighted by Crippen LogP contribution is 2.14. The lowest BCUT2D eigenvalue weighted by Gasteiger charge is -2.11. The number of imidazole rings is 1. The molecule has 0 spiro atoms. The van der Waals surface area contributed by atoms with Crippen molar-refractivity contribution in [2.45, 2.75) is 19.1 Å². The Morgan fingerprint density at radius 1 is 1.15 bits per heavy atom. The zero-order valence-corrected chi connectivity index (χ0v) is 16.6. The molecule has 0 radical (unpaired) electrons. The van der Waals surface area contributed by atoms with Crippen LogP contribution in [0, 0.1) is 0 Å². The maximum absolute atomic E-state index is 11.8. The third-order valence-corrected chi connectivity index (χ3v) is 4.05. The Labute approximate surface area is 170 Å². The molecule has 0 saturated heterocycles. The van der Waals surface area contributed by atoms with Crippen molar-refractivity contribution in [1.82, 2.24) is 14.9 Å². The molecule has 3 N–H and O–H groups in total. The smallest absolute Gasteiger partial charge is 0.239 e. The van der Waals surface area contributed by atoms with Crippen LogP contribution >= 0.6 is 24.8 Å². The van der Waals surface area contributed by atoms with Crippen molar-refractivity contribution in [2.75, 3.05) is 13.7 Å². The second-order valence-corrected chi connectivity index (χ2v) is 5.96. The number of nitrogens with two attached hydrogens (primary N) is 1. The van der Waals surface area contributed by atoms with Crippen LogP contribution in [-0.2, 0) is 22.6 Å². The SMILES string of the molecule is COCC(N)C(=O)NCc1ccc(Cn2cnc3ccccc32)cc1.Cl.Cl. The molecule has 8 heteroatoms. The van der Waals surface area contributed by atoms with Gasteiger partial charge in [0, 0.05) is 20.2 Å². The normalized spacial score (nSPS) is 11.3. The van der Waals surface area contributed by atoms with E-state index in [0.717, 1.165) is 23.1 Å². The van der Waals surface area contributed by atoms with Gasteiger partial charge in [-0.25, -0.2) is 4.98 Å². The van der Waals surface area contributed by atoms with Gasteiger partial charge in [0.1, 0.15) is 6.04 Å². The lowest BCUT2D eigenvalue weighted by Crippen LogP contribution is -2.43. The molecule has 0 saturated carbocycles. The number of methoxy groups -OCH3 is 1. The first-order valence-electron chi connectivity index (χ1n) is 8.17. The summed E-state index contributed by atoms with van der Waals surface area (Å²) in [6.07, 6.45) is 1.86. The lowest BCUT2D eigenvalue weighted by atomic mass is 10.1. The summed E-state index contributed by atoms with van der Waals surface area (Å²) in [5, 5.41) is 2.81. The van der Waals surface area contributed by atoms with Crippen LogP contribution in [0.1, 0.15) is 11.1 Å². The van der Waals surface area contributed by atoms with Crippen molar-refractivity contribution in [3.63, 3.8) is 0 Å². The van der Waals surface area contributed by atoms with Crippen molar-refractivity contribution in [1.29, 1.82) is 0 Å². The lowest BCUT2D eigenvalue weighted by molar-refractivity contribution is -0.123. The summed E-state index contributed by atoms with van der Waals surface area (Å²) in [6, 6.07) is 15.6. The van der Waals surface area contributed by atoms with Gasteiger partial charge >= 0.3 is 0 Å². The van der Waals surface area contributed by atoms with Crippen LogP contribution in [0.25, 0.3) is 11.0 Å². The van der Waals surface area contributed by atoms with E-state index >= 15 is 0 Å². The van der Waals surface area contributed by atoms with Gasteiger partial charge in [0.05, 0.1) is 24.0 Å². The van der Waals surface area contributed by atoms with E-state index in [-0.39, 0.29) is 37.3 Å². The number of amides is 1.